The molecule has 0 radical (unpaired) electrons. The Morgan fingerprint density at radius 2 is 2.43 bits per heavy atom. The standard InChI is InChI=1S/C8H8N2O3S/c1-10-4(7(11)12)3-5-6(10)9-8(13-2)14-5/h3H,1-2H3,(H,11,12). The zero-order chi connectivity index (χ0) is 10.3. The van der Waals surface area contributed by atoms with Crippen LogP contribution in [0, 0.1) is 0 Å². The number of carbonyl (C=O) groups is 1. The normalized spacial score (nSPS) is 10.7. The molecule has 0 aromatic carbocycles. The highest BCUT2D eigenvalue weighted by Gasteiger charge is 2.15. The van der Waals surface area contributed by atoms with Crippen molar-refractivity contribution in [3.8, 4) is 5.19 Å². The Kier molecular flexibility index (Phi) is 1.92. The van der Waals surface area contributed by atoms with E-state index in [4.69, 9.17) is 9.84 Å². The summed E-state index contributed by atoms with van der Waals surface area (Å²) in [5.74, 6) is -0.948. The van der Waals surface area contributed by atoms with Crippen molar-refractivity contribution in [2.75, 3.05) is 7.11 Å². The Labute approximate surface area is 83.6 Å². The molecule has 0 aliphatic carbocycles. The fourth-order valence-corrected chi connectivity index (χ4v) is 2.11. The van der Waals surface area contributed by atoms with Gasteiger partial charge in [-0.2, -0.15) is 4.98 Å². The molecule has 6 heteroatoms. The van der Waals surface area contributed by atoms with E-state index in [-0.39, 0.29) is 5.69 Å². The van der Waals surface area contributed by atoms with Gasteiger partial charge in [-0.1, -0.05) is 11.3 Å². The zero-order valence-corrected chi connectivity index (χ0v) is 8.46. The van der Waals surface area contributed by atoms with Crippen molar-refractivity contribution < 1.29 is 14.6 Å². The second-order valence-electron chi connectivity index (χ2n) is 2.77. The molecule has 0 spiro atoms. The highest BCUT2D eigenvalue weighted by molar-refractivity contribution is 7.20. The molecule has 14 heavy (non-hydrogen) atoms. The van der Waals surface area contributed by atoms with E-state index < -0.39 is 5.97 Å². The summed E-state index contributed by atoms with van der Waals surface area (Å²) in [5, 5.41) is 9.38. The predicted octanol–water partition coefficient (Wildman–Crippen LogP) is 1.34. The van der Waals surface area contributed by atoms with Gasteiger partial charge in [0.05, 0.1) is 11.8 Å². The summed E-state index contributed by atoms with van der Waals surface area (Å²) in [4.78, 5) is 14.9. The average molecular weight is 212 g/mol. The van der Waals surface area contributed by atoms with E-state index in [1.165, 1.54) is 23.0 Å². The van der Waals surface area contributed by atoms with Crippen LogP contribution in [0.5, 0.6) is 5.19 Å². The van der Waals surface area contributed by atoms with Crippen molar-refractivity contribution in [1.82, 2.24) is 9.55 Å². The molecule has 0 unspecified atom stereocenters. The third kappa shape index (κ3) is 1.15. The van der Waals surface area contributed by atoms with Crippen molar-refractivity contribution in [2.45, 2.75) is 0 Å². The number of hydrogen-bond acceptors (Lipinski definition) is 4. The van der Waals surface area contributed by atoms with Crippen LogP contribution in [0.2, 0.25) is 0 Å². The Balaban J connectivity index is 2.66. The molecule has 0 saturated heterocycles. The van der Waals surface area contributed by atoms with E-state index in [1.807, 2.05) is 0 Å². The Hall–Kier alpha value is -1.56. The third-order valence-corrected chi connectivity index (χ3v) is 2.91. The highest BCUT2D eigenvalue weighted by atomic mass is 32.1. The monoisotopic (exact) mass is 212 g/mol. The zero-order valence-electron chi connectivity index (χ0n) is 7.64. The van der Waals surface area contributed by atoms with Crippen molar-refractivity contribution >= 4 is 27.7 Å². The second kappa shape index (κ2) is 2.98. The maximum atomic E-state index is 10.8. The van der Waals surface area contributed by atoms with Crippen molar-refractivity contribution in [2.24, 2.45) is 7.05 Å². The summed E-state index contributed by atoms with van der Waals surface area (Å²) in [7, 11) is 3.21. The first-order valence-electron chi connectivity index (χ1n) is 3.87. The minimum absolute atomic E-state index is 0.237. The number of carboxylic acids is 1. The lowest BCUT2D eigenvalue weighted by Gasteiger charge is -1.96. The molecular weight excluding hydrogens is 204 g/mol. The number of rotatable bonds is 2. The summed E-state index contributed by atoms with van der Waals surface area (Å²) in [5.41, 5.74) is 0.880. The Morgan fingerprint density at radius 3 is 2.93 bits per heavy atom. The summed E-state index contributed by atoms with van der Waals surface area (Å²) in [6.45, 7) is 0. The molecule has 5 nitrogen and oxygen atoms in total. The van der Waals surface area contributed by atoms with Crippen LogP contribution in [-0.2, 0) is 7.05 Å². The largest absolute Gasteiger partial charge is 0.477 e. The number of carboxylic acid groups (broad SMARTS) is 1. The third-order valence-electron chi connectivity index (χ3n) is 1.96. The fraction of sp³-hybridized carbons (Fsp3) is 0.250. The van der Waals surface area contributed by atoms with Gasteiger partial charge in [-0.05, 0) is 6.07 Å². The van der Waals surface area contributed by atoms with Crippen molar-refractivity contribution in [3.05, 3.63) is 11.8 Å². The number of nitrogens with zero attached hydrogens (tertiary/aromatic N) is 2. The molecule has 0 bridgehead atoms. The van der Waals surface area contributed by atoms with E-state index in [2.05, 4.69) is 4.98 Å². The van der Waals surface area contributed by atoms with Gasteiger partial charge in [-0.25, -0.2) is 4.79 Å². The van der Waals surface area contributed by atoms with E-state index >= 15 is 0 Å². The van der Waals surface area contributed by atoms with E-state index in [0.717, 1.165) is 4.70 Å². The van der Waals surface area contributed by atoms with Crippen LogP contribution >= 0.6 is 11.3 Å². The molecular formula is C8H8N2O3S. The van der Waals surface area contributed by atoms with Crippen LogP contribution in [0.3, 0.4) is 0 Å². The lowest BCUT2D eigenvalue weighted by molar-refractivity contribution is 0.0687. The smallest absolute Gasteiger partial charge is 0.352 e. The quantitative estimate of drug-likeness (QED) is 0.815. The number of aromatic nitrogens is 2. The Morgan fingerprint density at radius 1 is 1.71 bits per heavy atom. The highest BCUT2D eigenvalue weighted by Crippen LogP contribution is 2.29. The number of thiazole rings is 1. The number of ether oxygens (including phenoxy) is 1. The first-order chi connectivity index (χ1) is 6.63. The molecule has 2 rings (SSSR count). The number of methoxy groups -OCH3 is 1. The van der Waals surface area contributed by atoms with E-state index in [0.29, 0.717) is 10.8 Å². The second-order valence-corrected chi connectivity index (χ2v) is 3.76. The van der Waals surface area contributed by atoms with Gasteiger partial charge in [0.1, 0.15) is 5.69 Å². The number of aryl methyl sites for hydroxylation is 1. The first kappa shape index (κ1) is 9.01. The van der Waals surface area contributed by atoms with E-state index in [1.54, 1.807) is 13.1 Å². The SMILES string of the molecule is COc1nc2c(cc(C(=O)O)n2C)s1. The van der Waals surface area contributed by atoms with Crippen LogP contribution in [0.15, 0.2) is 6.07 Å². The maximum absolute atomic E-state index is 10.8. The molecule has 0 saturated carbocycles. The van der Waals surface area contributed by atoms with Gasteiger partial charge < -0.3 is 14.4 Å². The van der Waals surface area contributed by atoms with Crippen LogP contribution < -0.4 is 4.74 Å². The average Bonchev–Trinajstić information content (AvgIpc) is 2.65. The molecule has 0 fully saturated rings. The van der Waals surface area contributed by atoms with Gasteiger partial charge in [0.25, 0.3) is 5.19 Å². The number of fused-ring (bicyclic) bond motifs is 1. The van der Waals surface area contributed by atoms with Gasteiger partial charge in [0, 0.05) is 7.05 Å². The summed E-state index contributed by atoms with van der Waals surface area (Å²) < 4.78 is 7.32. The molecule has 0 aliphatic heterocycles. The van der Waals surface area contributed by atoms with Crippen LogP contribution in [-0.4, -0.2) is 27.7 Å². The van der Waals surface area contributed by atoms with Gasteiger partial charge in [-0.3, -0.25) is 0 Å². The molecule has 0 amide bonds. The lowest BCUT2D eigenvalue weighted by Crippen LogP contribution is -2.04. The van der Waals surface area contributed by atoms with Crippen LogP contribution in [0.25, 0.3) is 10.3 Å². The predicted molar refractivity (Wildman–Crippen MR) is 52.1 cm³/mol. The summed E-state index contributed by atoms with van der Waals surface area (Å²) in [6.07, 6.45) is 0. The van der Waals surface area contributed by atoms with E-state index in [9.17, 15) is 4.79 Å². The van der Waals surface area contributed by atoms with Crippen molar-refractivity contribution in [3.63, 3.8) is 0 Å². The molecule has 2 heterocycles. The minimum atomic E-state index is -0.948. The fourth-order valence-electron chi connectivity index (χ4n) is 1.27. The van der Waals surface area contributed by atoms with Crippen LogP contribution in [0.4, 0.5) is 0 Å². The molecule has 0 atom stereocenters. The van der Waals surface area contributed by atoms with Gasteiger partial charge >= 0.3 is 5.97 Å². The van der Waals surface area contributed by atoms with Gasteiger partial charge in [-0.15, -0.1) is 0 Å². The van der Waals surface area contributed by atoms with Gasteiger partial charge in [0.15, 0.2) is 5.65 Å². The number of aromatic carboxylic acids is 1. The molecule has 74 valence electrons. The first-order valence-corrected chi connectivity index (χ1v) is 4.68. The molecule has 0 aliphatic rings. The lowest BCUT2D eigenvalue weighted by atomic mass is 10.4. The van der Waals surface area contributed by atoms with Gasteiger partial charge in [0.2, 0.25) is 0 Å². The van der Waals surface area contributed by atoms with Crippen LogP contribution in [0.1, 0.15) is 10.5 Å². The molecule has 2 aromatic rings. The van der Waals surface area contributed by atoms with Crippen molar-refractivity contribution in [1.29, 1.82) is 0 Å². The maximum Gasteiger partial charge on any atom is 0.352 e. The topological polar surface area (TPSA) is 64.3 Å². The molecule has 2 aromatic heterocycles. The summed E-state index contributed by atoms with van der Waals surface area (Å²) >= 11 is 1.33. The summed E-state index contributed by atoms with van der Waals surface area (Å²) in [6, 6.07) is 1.60. The minimum Gasteiger partial charge on any atom is -0.477 e. The number of hydrogen-bond donors (Lipinski definition) is 1. The molecule has 1 N–H and O–H groups in total. The Bertz CT molecular complexity index is 500.